The van der Waals surface area contributed by atoms with Crippen LogP contribution in [0.25, 0.3) is 0 Å². The number of carbonyl (C=O) groups excluding carboxylic acids is 1. The Kier molecular flexibility index (Phi) is 4.11. The molecule has 3 N–H and O–H groups in total. The second kappa shape index (κ2) is 4.94. The van der Waals surface area contributed by atoms with Gasteiger partial charge in [-0.25, -0.2) is 0 Å². The summed E-state index contributed by atoms with van der Waals surface area (Å²) in [5.74, 6) is 0.459. The first-order chi connectivity index (χ1) is 6.95. The Labute approximate surface area is 91.4 Å². The van der Waals surface area contributed by atoms with Crippen molar-refractivity contribution in [2.24, 2.45) is 11.7 Å². The molecule has 1 heterocycles. The molecule has 1 saturated heterocycles. The van der Waals surface area contributed by atoms with Crippen molar-refractivity contribution in [1.82, 2.24) is 4.90 Å². The maximum atomic E-state index is 11.9. The molecule has 0 radical (unpaired) electrons. The van der Waals surface area contributed by atoms with Gasteiger partial charge in [-0.05, 0) is 39.0 Å². The van der Waals surface area contributed by atoms with E-state index in [1.54, 1.807) is 13.8 Å². The molecule has 0 bridgehead atoms. The Balaban J connectivity index is 2.52. The predicted molar refractivity (Wildman–Crippen MR) is 59.3 cm³/mol. The van der Waals surface area contributed by atoms with E-state index in [2.05, 4.69) is 0 Å². The van der Waals surface area contributed by atoms with Crippen LogP contribution in [0, 0.1) is 5.92 Å². The van der Waals surface area contributed by atoms with Crippen LogP contribution >= 0.6 is 0 Å². The zero-order chi connectivity index (χ0) is 11.5. The lowest BCUT2D eigenvalue weighted by molar-refractivity contribution is -0.137. The summed E-state index contributed by atoms with van der Waals surface area (Å²) in [6, 6.07) is 0. The molecular weight excluding hydrogens is 192 g/mol. The average molecular weight is 214 g/mol. The van der Waals surface area contributed by atoms with Gasteiger partial charge in [-0.15, -0.1) is 0 Å². The summed E-state index contributed by atoms with van der Waals surface area (Å²) in [4.78, 5) is 13.7. The lowest BCUT2D eigenvalue weighted by Crippen LogP contribution is -2.53. The summed E-state index contributed by atoms with van der Waals surface area (Å²) in [5, 5.41) is 8.88. The van der Waals surface area contributed by atoms with E-state index in [0.29, 0.717) is 5.92 Å². The summed E-state index contributed by atoms with van der Waals surface area (Å²) >= 11 is 0. The Bertz CT molecular complexity index is 221. The molecule has 0 aromatic carbocycles. The highest BCUT2D eigenvalue weighted by Gasteiger charge is 2.31. The van der Waals surface area contributed by atoms with Crippen LogP contribution in [0.15, 0.2) is 0 Å². The third-order valence-corrected chi connectivity index (χ3v) is 2.89. The van der Waals surface area contributed by atoms with E-state index in [-0.39, 0.29) is 12.5 Å². The third kappa shape index (κ3) is 3.47. The quantitative estimate of drug-likeness (QED) is 0.712. The van der Waals surface area contributed by atoms with Gasteiger partial charge >= 0.3 is 0 Å². The van der Waals surface area contributed by atoms with Gasteiger partial charge in [0.05, 0.1) is 5.54 Å². The first-order valence-corrected chi connectivity index (χ1v) is 5.64. The highest BCUT2D eigenvalue weighted by atomic mass is 16.3. The van der Waals surface area contributed by atoms with Crippen molar-refractivity contribution in [2.45, 2.75) is 38.6 Å². The highest BCUT2D eigenvalue weighted by Crippen LogP contribution is 2.20. The van der Waals surface area contributed by atoms with Gasteiger partial charge in [-0.3, -0.25) is 4.79 Å². The summed E-state index contributed by atoms with van der Waals surface area (Å²) in [5.41, 5.74) is 5.01. The molecule has 4 heteroatoms. The molecule has 0 aliphatic carbocycles. The molecule has 0 saturated carbocycles. The number of hydrogen-bond donors (Lipinski definition) is 2. The Hall–Kier alpha value is -0.610. The largest absolute Gasteiger partial charge is 0.396 e. The van der Waals surface area contributed by atoms with Gasteiger partial charge in [0, 0.05) is 19.7 Å². The maximum absolute atomic E-state index is 11.9. The van der Waals surface area contributed by atoms with E-state index in [1.165, 1.54) is 0 Å². The number of piperidine rings is 1. The molecule has 1 unspecified atom stereocenters. The van der Waals surface area contributed by atoms with Crippen molar-refractivity contribution in [3.63, 3.8) is 0 Å². The molecule has 4 nitrogen and oxygen atoms in total. The molecule has 0 aromatic heterocycles. The zero-order valence-electron chi connectivity index (χ0n) is 9.70. The van der Waals surface area contributed by atoms with Crippen LogP contribution in [0.2, 0.25) is 0 Å². The molecule has 88 valence electrons. The highest BCUT2D eigenvalue weighted by molar-refractivity contribution is 5.85. The second-order valence-electron chi connectivity index (χ2n) is 4.99. The first kappa shape index (κ1) is 12.5. The molecule has 1 atom stereocenters. The van der Waals surface area contributed by atoms with E-state index in [9.17, 15) is 4.79 Å². The lowest BCUT2D eigenvalue weighted by atomic mass is 9.93. The number of likely N-dealkylation sites (tertiary alicyclic amines) is 1. The SMILES string of the molecule is CC(C)(N)C(=O)N1CCCC(CCO)C1. The molecule has 0 aromatic rings. The minimum Gasteiger partial charge on any atom is -0.396 e. The Morgan fingerprint density at radius 1 is 1.60 bits per heavy atom. The molecule has 1 aliphatic heterocycles. The van der Waals surface area contributed by atoms with Crippen molar-refractivity contribution in [2.75, 3.05) is 19.7 Å². The van der Waals surface area contributed by atoms with Crippen molar-refractivity contribution >= 4 is 5.91 Å². The standard InChI is InChI=1S/C11H22N2O2/c1-11(2,12)10(15)13-6-3-4-9(8-13)5-7-14/h9,14H,3-8,12H2,1-2H3. The fraction of sp³-hybridized carbons (Fsp3) is 0.909. The first-order valence-electron chi connectivity index (χ1n) is 5.64. The Morgan fingerprint density at radius 2 is 2.27 bits per heavy atom. The van der Waals surface area contributed by atoms with E-state index in [0.717, 1.165) is 32.4 Å². The number of aliphatic hydroxyl groups excluding tert-OH is 1. The average Bonchev–Trinajstić information content (AvgIpc) is 2.16. The number of rotatable bonds is 3. The monoisotopic (exact) mass is 214 g/mol. The molecular formula is C11H22N2O2. The van der Waals surface area contributed by atoms with Gasteiger partial charge in [0.25, 0.3) is 0 Å². The molecule has 1 fully saturated rings. The van der Waals surface area contributed by atoms with Crippen LogP contribution in [-0.4, -0.2) is 41.1 Å². The summed E-state index contributed by atoms with van der Waals surface area (Å²) in [6.45, 7) is 5.25. The van der Waals surface area contributed by atoms with Crippen molar-refractivity contribution in [3.05, 3.63) is 0 Å². The maximum Gasteiger partial charge on any atom is 0.242 e. The fourth-order valence-electron chi connectivity index (χ4n) is 2.08. The summed E-state index contributed by atoms with van der Waals surface area (Å²) in [6.07, 6.45) is 2.91. The number of aliphatic hydroxyl groups is 1. The van der Waals surface area contributed by atoms with E-state index in [1.807, 2.05) is 4.90 Å². The van der Waals surface area contributed by atoms with Crippen LogP contribution in [0.5, 0.6) is 0 Å². The number of nitrogens with zero attached hydrogens (tertiary/aromatic N) is 1. The van der Waals surface area contributed by atoms with Crippen molar-refractivity contribution < 1.29 is 9.90 Å². The minimum atomic E-state index is -0.777. The van der Waals surface area contributed by atoms with Gasteiger partial charge in [0.2, 0.25) is 5.91 Å². The van der Waals surface area contributed by atoms with E-state index in [4.69, 9.17) is 10.8 Å². The number of hydrogen-bond acceptors (Lipinski definition) is 3. The van der Waals surface area contributed by atoms with Crippen LogP contribution in [0.4, 0.5) is 0 Å². The zero-order valence-corrected chi connectivity index (χ0v) is 9.70. The predicted octanol–water partition coefficient (Wildman–Crippen LogP) is 0.345. The number of amides is 1. The van der Waals surface area contributed by atoms with Crippen LogP contribution in [0.1, 0.15) is 33.1 Å². The van der Waals surface area contributed by atoms with Crippen molar-refractivity contribution in [3.8, 4) is 0 Å². The van der Waals surface area contributed by atoms with E-state index < -0.39 is 5.54 Å². The molecule has 1 rings (SSSR count). The van der Waals surface area contributed by atoms with Crippen LogP contribution in [-0.2, 0) is 4.79 Å². The van der Waals surface area contributed by atoms with Gasteiger partial charge in [0.1, 0.15) is 0 Å². The van der Waals surface area contributed by atoms with Gasteiger partial charge in [-0.2, -0.15) is 0 Å². The lowest BCUT2D eigenvalue weighted by Gasteiger charge is -2.36. The second-order valence-corrected chi connectivity index (χ2v) is 4.99. The minimum absolute atomic E-state index is 0.0186. The Morgan fingerprint density at radius 3 is 2.80 bits per heavy atom. The summed E-state index contributed by atoms with van der Waals surface area (Å²) < 4.78 is 0. The summed E-state index contributed by atoms with van der Waals surface area (Å²) in [7, 11) is 0. The molecule has 1 amide bonds. The van der Waals surface area contributed by atoms with Crippen LogP contribution in [0.3, 0.4) is 0 Å². The van der Waals surface area contributed by atoms with Gasteiger partial charge in [0.15, 0.2) is 0 Å². The number of nitrogens with two attached hydrogens (primary N) is 1. The normalized spacial score (nSPS) is 22.9. The van der Waals surface area contributed by atoms with Crippen molar-refractivity contribution in [1.29, 1.82) is 0 Å². The van der Waals surface area contributed by atoms with E-state index >= 15 is 0 Å². The molecule has 1 aliphatic rings. The topological polar surface area (TPSA) is 66.6 Å². The molecule has 15 heavy (non-hydrogen) atoms. The smallest absolute Gasteiger partial charge is 0.242 e. The number of carbonyl (C=O) groups is 1. The fourth-order valence-corrected chi connectivity index (χ4v) is 2.08. The third-order valence-electron chi connectivity index (χ3n) is 2.89. The molecule has 0 spiro atoms. The van der Waals surface area contributed by atoms with Gasteiger partial charge < -0.3 is 15.7 Å². The van der Waals surface area contributed by atoms with Crippen LogP contribution < -0.4 is 5.73 Å². The van der Waals surface area contributed by atoms with Gasteiger partial charge in [-0.1, -0.05) is 0 Å².